The highest BCUT2D eigenvalue weighted by Crippen LogP contribution is 2.13. The molecule has 20 heavy (non-hydrogen) atoms. The summed E-state index contributed by atoms with van der Waals surface area (Å²) in [6.07, 6.45) is 2.32. The van der Waals surface area contributed by atoms with Crippen molar-refractivity contribution >= 4 is 11.9 Å². The van der Waals surface area contributed by atoms with Crippen LogP contribution >= 0.6 is 0 Å². The highest BCUT2D eigenvalue weighted by molar-refractivity contribution is 5.39. The summed E-state index contributed by atoms with van der Waals surface area (Å²) in [5.41, 5.74) is 0. The monoisotopic (exact) mass is 283 g/mol. The van der Waals surface area contributed by atoms with Gasteiger partial charge in [0.1, 0.15) is 6.33 Å². The van der Waals surface area contributed by atoms with Crippen molar-refractivity contribution in [3.63, 3.8) is 0 Å². The van der Waals surface area contributed by atoms with Crippen molar-refractivity contribution in [2.24, 2.45) is 0 Å². The van der Waals surface area contributed by atoms with Crippen LogP contribution in [0.15, 0.2) is 18.7 Å². The van der Waals surface area contributed by atoms with Crippen LogP contribution in [-0.2, 0) is 0 Å². The van der Waals surface area contributed by atoms with Crippen LogP contribution in [-0.4, -0.2) is 51.1 Å². The number of hydrogen-bond donors (Lipinski definition) is 1. The number of alkyl halides is 2. The van der Waals surface area contributed by atoms with Crippen LogP contribution in [0, 0.1) is 0 Å². The molecule has 0 aliphatic rings. The summed E-state index contributed by atoms with van der Waals surface area (Å²) in [7, 11) is 1.51. The summed E-state index contributed by atoms with van der Waals surface area (Å²) in [5, 5.41) is 2.95. The molecule has 0 radical (unpaired) electrons. The Morgan fingerprint density at radius 3 is 2.75 bits per heavy atom. The summed E-state index contributed by atoms with van der Waals surface area (Å²) >= 11 is 0. The van der Waals surface area contributed by atoms with E-state index in [-0.39, 0.29) is 5.95 Å². The summed E-state index contributed by atoms with van der Waals surface area (Å²) in [6.45, 7) is 2.06. The van der Waals surface area contributed by atoms with Gasteiger partial charge in [0, 0.05) is 26.0 Å². The fourth-order valence-corrected chi connectivity index (χ4v) is 1.54. The summed E-state index contributed by atoms with van der Waals surface area (Å²) < 4.78 is 26.5. The molecular formula is C11H15F2N7. The van der Waals surface area contributed by atoms with Crippen LogP contribution < -0.4 is 10.2 Å². The van der Waals surface area contributed by atoms with E-state index in [0.29, 0.717) is 18.4 Å². The third-order valence-electron chi connectivity index (χ3n) is 2.44. The van der Waals surface area contributed by atoms with Gasteiger partial charge in [-0.15, -0.1) is 0 Å². The summed E-state index contributed by atoms with van der Waals surface area (Å²) in [5.74, 6) is 0.840. The van der Waals surface area contributed by atoms with Crippen LogP contribution in [0.2, 0.25) is 0 Å². The lowest BCUT2D eigenvalue weighted by molar-refractivity contribution is 0.156. The molecule has 0 aliphatic carbocycles. The minimum absolute atomic E-state index is 0.181. The van der Waals surface area contributed by atoms with Gasteiger partial charge in [0.05, 0.1) is 6.54 Å². The quantitative estimate of drug-likeness (QED) is 0.858. The van der Waals surface area contributed by atoms with E-state index in [2.05, 4.69) is 25.3 Å². The normalized spacial score (nSPS) is 10.8. The van der Waals surface area contributed by atoms with Crippen molar-refractivity contribution < 1.29 is 8.78 Å². The molecule has 0 amide bonds. The van der Waals surface area contributed by atoms with Crippen LogP contribution in [0.4, 0.5) is 20.7 Å². The standard InChI is InChI=1S/C11H15F2N7/c1-3-15-9-16-10(19(2)6-8(12)13)18-11(17-9)20-5-4-14-7-20/h4-5,7-8H,3,6H2,1-2H3,(H,15,16,17,18). The zero-order chi connectivity index (χ0) is 14.5. The maximum atomic E-state index is 12.4. The van der Waals surface area contributed by atoms with E-state index in [9.17, 15) is 8.78 Å². The van der Waals surface area contributed by atoms with E-state index in [1.165, 1.54) is 18.3 Å². The Kier molecular flexibility index (Phi) is 4.38. The molecule has 0 fully saturated rings. The third kappa shape index (κ3) is 3.37. The maximum absolute atomic E-state index is 12.4. The molecule has 0 saturated carbocycles. The molecule has 1 N–H and O–H groups in total. The second kappa shape index (κ2) is 6.22. The lowest BCUT2D eigenvalue weighted by Crippen LogP contribution is -2.27. The first-order valence-corrected chi connectivity index (χ1v) is 6.07. The second-order valence-corrected chi connectivity index (χ2v) is 4.03. The summed E-state index contributed by atoms with van der Waals surface area (Å²) in [4.78, 5) is 17.7. The summed E-state index contributed by atoms with van der Waals surface area (Å²) in [6, 6.07) is 0. The molecule has 7 nitrogen and oxygen atoms in total. The second-order valence-electron chi connectivity index (χ2n) is 4.03. The molecule has 0 atom stereocenters. The molecule has 0 aromatic carbocycles. The van der Waals surface area contributed by atoms with Gasteiger partial charge in [-0.05, 0) is 6.92 Å². The molecule has 108 valence electrons. The fourth-order valence-electron chi connectivity index (χ4n) is 1.54. The average Bonchev–Trinajstić information content (AvgIpc) is 2.92. The van der Waals surface area contributed by atoms with Crippen molar-refractivity contribution in [1.82, 2.24) is 24.5 Å². The Bertz CT molecular complexity index is 544. The van der Waals surface area contributed by atoms with Crippen molar-refractivity contribution in [2.45, 2.75) is 13.3 Å². The lowest BCUT2D eigenvalue weighted by atomic mass is 10.6. The largest absolute Gasteiger partial charge is 0.354 e. The predicted molar refractivity (Wildman–Crippen MR) is 70.4 cm³/mol. The number of nitrogens with one attached hydrogen (secondary N) is 1. The van der Waals surface area contributed by atoms with Gasteiger partial charge in [-0.2, -0.15) is 15.0 Å². The molecule has 2 heterocycles. The van der Waals surface area contributed by atoms with Crippen molar-refractivity contribution in [3.8, 4) is 5.95 Å². The van der Waals surface area contributed by atoms with Crippen LogP contribution in [0.1, 0.15) is 6.92 Å². The number of aromatic nitrogens is 5. The molecule has 0 aliphatic heterocycles. The van der Waals surface area contributed by atoms with Crippen molar-refractivity contribution in [2.75, 3.05) is 30.4 Å². The van der Waals surface area contributed by atoms with Crippen LogP contribution in [0.25, 0.3) is 5.95 Å². The third-order valence-corrected chi connectivity index (χ3v) is 2.44. The molecular weight excluding hydrogens is 268 g/mol. The Labute approximate surface area is 114 Å². The number of halogens is 2. The van der Waals surface area contributed by atoms with Gasteiger partial charge in [0.2, 0.25) is 17.8 Å². The minimum Gasteiger partial charge on any atom is -0.354 e. The van der Waals surface area contributed by atoms with Gasteiger partial charge in [-0.3, -0.25) is 4.57 Å². The topological polar surface area (TPSA) is 71.8 Å². The van der Waals surface area contributed by atoms with Gasteiger partial charge < -0.3 is 10.2 Å². The van der Waals surface area contributed by atoms with Crippen LogP contribution in [0.5, 0.6) is 0 Å². The highest BCUT2D eigenvalue weighted by atomic mass is 19.3. The Morgan fingerprint density at radius 2 is 2.15 bits per heavy atom. The smallest absolute Gasteiger partial charge is 0.255 e. The number of nitrogens with zero attached hydrogens (tertiary/aromatic N) is 6. The van der Waals surface area contributed by atoms with E-state index in [1.54, 1.807) is 17.0 Å². The van der Waals surface area contributed by atoms with Crippen molar-refractivity contribution in [3.05, 3.63) is 18.7 Å². The molecule has 2 rings (SSSR count). The van der Waals surface area contributed by atoms with E-state index < -0.39 is 13.0 Å². The maximum Gasteiger partial charge on any atom is 0.255 e. The van der Waals surface area contributed by atoms with E-state index in [1.807, 2.05) is 6.92 Å². The first-order chi connectivity index (χ1) is 9.60. The molecule has 9 heteroatoms. The highest BCUT2D eigenvalue weighted by Gasteiger charge is 2.14. The Balaban J connectivity index is 2.35. The number of rotatable bonds is 6. The number of anilines is 2. The van der Waals surface area contributed by atoms with E-state index in [0.717, 1.165) is 0 Å². The zero-order valence-electron chi connectivity index (χ0n) is 11.2. The SMILES string of the molecule is CCNc1nc(N(C)CC(F)F)nc(-n2ccnc2)n1. The number of imidazole rings is 1. The first kappa shape index (κ1) is 14.1. The Hall–Kier alpha value is -2.32. The Morgan fingerprint density at radius 1 is 1.35 bits per heavy atom. The molecule has 2 aromatic heterocycles. The van der Waals surface area contributed by atoms with E-state index >= 15 is 0 Å². The first-order valence-electron chi connectivity index (χ1n) is 6.07. The van der Waals surface area contributed by atoms with Gasteiger partial charge in [0.15, 0.2) is 0 Å². The molecule has 2 aromatic rings. The molecule has 0 spiro atoms. The lowest BCUT2D eigenvalue weighted by Gasteiger charge is -2.17. The molecule has 0 saturated heterocycles. The molecule has 0 bridgehead atoms. The number of hydrogen-bond acceptors (Lipinski definition) is 6. The van der Waals surface area contributed by atoms with Crippen LogP contribution in [0.3, 0.4) is 0 Å². The zero-order valence-corrected chi connectivity index (χ0v) is 11.2. The molecule has 0 unspecified atom stereocenters. The fraction of sp³-hybridized carbons (Fsp3) is 0.455. The van der Waals surface area contributed by atoms with Gasteiger partial charge in [-0.25, -0.2) is 13.8 Å². The van der Waals surface area contributed by atoms with Gasteiger partial charge in [-0.1, -0.05) is 0 Å². The predicted octanol–water partition coefficient (Wildman–Crippen LogP) is 1.19. The van der Waals surface area contributed by atoms with Crippen molar-refractivity contribution in [1.29, 1.82) is 0 Å². The van der Waals surface area contributed by atoms with Gasteiger partial charge >= 0.3 is 0 Å². The van der Waals surface area contributed by atoms with E-state index in [4.69, 9.17) is 0 Å². The minimum atomic E-state index is -2.46. The average molecular weight is 283 g/mol. The van der Waals surface area contributed by atoms with Gasteiger partial charge in [0.25, 0.3) is 6.43 Å².